The molecule has 0 aromatic carbocycles. The minimum atomic E-state index is -0.0304. The smallest absolute Gasteiger partial charge is 0.251 e. The molecular weight excluding hydrogens is 238 g/mol. The Hall–Kier alpha value is -1.58. The number of nitrogens with two attached hydrogens (primary N) is 1. The first kappa shape index (κ1) is 13.8. The molecule has 0 atom stereocenters. The van der Waals surface area contributed by atoms with E-state index in [1.807, 2.05) is 6.92 Å². The van der Waals surface area contributed by atoms with Crippen LogP contribution in [0.5, 0.6) is 0 Å². The summed E-state index contributed by atoms with van der Waals surface area (Å²) >= 11 is 0. The predicted octanol–water partition coefficient (Wildman–Crippen LogP) is 2.67. The lowest BCUT2D eigenvalue weighted by Gasteiger charge is -2.28. The lowest BCUT2D eigenvalue weighted by atomic mass is 9.84. The van der Waals surface area contributed by atoms with Crippen molar-refractivity contribution >= 4 is 11.7 Å². The molecule has 104 valence electrons. The van der Waals surface area contributed by atoms with Crippen molar-refractivity contribution in [1.82, 2.24) is 10.3 Å². The summed E-state index contributed by atoms with van der Waals surface area (Å²) in [4.78, 5) is 16.3. The maximum absolute atomic E-state index is 12.2. The van der Waals surface area contributed by atoms with Gasteiger partial charge in [0.1, 0.15) is 5.82 Å². The zero-order valence-corrected chi connectivity index (χ0v) is 11.8. The Balaban J connectivity index is 1.94. The lowest BCUT2D eigenvalue weighted by Crippen LogP contribution is -2.37. The van der Waals surface area contributed by atoms with Crippen LogP contribution in [0.25, 0.3) is 0 Å². The molecule has 0 saturated heterocycles. The van der Waals surface area contributed by atoms with E-state index in [1.54, 1.807) is 12.1 Å². The first-order valence-electron chi connectivity index (χ1n) is 7.13. The fraction of sp³-hybridized carbons (Fsp3) is 0.600. The van der Waals surface area contributed by atoms with Crippen LogP contribution in [0.3, 0.4) is 0 Å². The van der Waals surface area contributed by atoms with Crippen molar-refractivity contribution in [2.24, 2.45) is 5.92 Å². The molecule has 0 spiro atoms. The normalized spacial score (nSPS) is 23.1. The summed E-state index contributed by atoms with van der Waals surface area (Å²) in [5.74, 6) is 1.21. The van der Waals surface area contributed by atoms with E-state index in [0.29, 0.717) is 17.4 Å². The van der Waals surface area contributed by atoms with Gasteiger partial charge in [0.25, 0.3) is 5.91 Å². The number of carbonyl (C=O) groups excluding carboxylic acids is 1. The van der Waals surface area contributed by atoms with E-state index >= 15 is 0 Å². The number of hydrogen-bond donors (Lipinski definition) is 2. The Morgan fingerprint density at radius 2 is 2.05 bits per heavy atom. The van der Waals surface area contributed by atoms with Gasteiger partial charge in [-0.05, 0) is 50.7 Å². The molecular formula is C15H23N3O. The molecule has 1 fully saturated rings. The standard InChI is InChI=1S/C15H23N3O/c1-3-11-4-6-13(7-5-11)18-15(19)12-8-10(2)17-14(16)9-12/h8-9,11,13H,3-7H2,1-2H3,(H2,16,17)(H,18,19). The van der Waals surface area contributed by atoms with Crippen molar-refractivity contribution in [2.75, 3.05) is 5.73 Å². The number of pyridine rings is 1. The fourth-order valence-corrected chi connectivity index (χ4v) is 2.81. The van der Waals surface area contributed by atoms with Crippen LogP contribution < -0.4 is 11.1 Å². The average molecular weight is 261 g/mol. The molecule has 4 nitrogen and oxygen atoms in total. The van der Waals surface area contributed by atoms with Gasteiger partial charge in [-0.1, -0.05) is 13.3 Å². The number of carbonyl (C=O) groups is 1. The monoisotopic (exact) mass is 261 g/mol. The quantitative estimate of drug-likeness (QED) is 0.879. The second kappa shape index (κ2) is 6.04. The largest absolute Gasteiger partial charge is 0.384 e. The number of nitrogens with zero attached hydrogens (tertiary/aromatic N) is 1. The van der Waals surface area contributed by atoms with Gasteiger partial charge in [-0.3, -0.25) is 4.79 Å². The van der Waals surface area contributed by atoms with E-state index < -0.39 is 0 Å². The molecule has 4 heteroatoms. The third-order valence-corrected chi connectivity index (χ3v) is 3.99. The van der Waals surface area contributed by atoms with Crippen LogP contribution in [0.4, 0.5) is 5.82 Å². The summed E-state index contributed by atoms with van der Waals surface area (Å²) in [6.07, 6.45) is 5.87. The SMILES string of the molecule is CCC1CCC(NC(=O)c2cc(C)nc(N)c2)CC1. The second-order valence-electron chi connectivity index (χ2n) is 5.52. The molecule has 3 N–H and O–H groups in total. The molecule has 1 heterocycles. The zero-order chi connectivity index (χ0) is 13.8. The van der Waals surface area contributed by atoms with E-state index in [4.69, 9.17) is 5.73 Å². The summed E-state index contributed by atoms with van der Waals surface area (Å²) in [6, 6.07) is 3.73. The highest BCUT2D eigenvalue weighted by Gasteiger charge is 2.21. The van der Waals surface area contributed by atoms with Crippen molar-refractivity contribution in [3.8, 4) is 0 Å². The Kier molecular flexibility index (Phi) is 4.40. The molecule has 1 saturated carbocycles. The first-order chi connectivity index (χ1) is 9.08. The highest BCUT2D eigenvalue weighted by atomic mass is 16.1. The maximum atomic E-state index is 12.2. The van der Waals surface area contributed by atoms with E-state index in [2.05, 4.69) is 17.2 Å². The minimum Gasteiger partial charge on any atom is -0.384 e. The molecule has 0 bridgehead atoms. The number of aromatic nitrogens is 1. The number of nitrogens with one attached hydrogen (secondary N) is 1. The minimum absolute atomic E-state index is 0.0304. The Bertz CT molecular complexity index is 430. The Labute approximate surface area is 114 Å². The third-order valence-electron chi connectivity index (χ3n) is 3.99. The topological polar surface area (TPSA) is 68.0 Å². The molecule has 19 heavy (non-hydrogen) atoms. The van der Waals surface area contributed by atoms with Gasteiger partial charge >= 0.3 is 0 Å². The molecule has 0 radical (unpaired) electrons. The van der Waals surface area contributed by atoms with E-state index in [9.17, 15) is 4.79 Å². The first-order valence-corrected chi connectivity index (χ1v) is 7.13. The molecule has 1 aromatic rings. The van der Waals surface area contributed by atoms with Gasteiger partial charge in [0.05, 0.1) is 0 Å². The number of rotatable bonds is 3. The fourth-order valence-electron chi connectivity index (χ4n) is 2.81. The van der Waals surface area contributed by atoms with E-state index in [0.717, 1.165) is 24.5 Å². The highest BCUT2D eigenvalue weighted by molar-refractivity contribution is 5.95. The van der Waals surface area contributed by atoms with Crippen LogP contribution in [0, 0.1) is 12.8 Å². The molecule has 1 aliphatic rings. The lowest BCUT2D eigenvalue weighted by molar-refractivity contribution is 0.0921. The predicted molar refractivity (Wildman–Crippen MR) is 76.9 cm³/mol. The Morgan fingerprint density at radius 3 is 2.63 bits per heavy atom. The summed E-state index contributed by atoms with van der Waals surface area (Å²) in [5.41, 5.74) is 7.07. The molecule has 0 unspecified atom stereocenters. The number of aryl methyl sites for hydroxylation is 1. The summed E-state index contributed by atoms with van der Waals surface area (Å²) in [7, 11) is 0. The van der Waals surface area contributed by atoms with Crippen molar-refractivity contribution in [2.45, 2.75) is 52.0 Å². The highest BCUT2D eigenvalue weighted by Crippen LogP contribution is 2.26. The van der Waals surface area contributed by atoms with Gasteiger partial charge in [-0.25, -0.2) is 4.98 Å². The van der Waals surface area contributed by atoms with Gasteiger partial charge in [-0.15, -0.1) is 0 Å². The second-order valence-corrected chi connectivity index (χ2v) is 5.52. The summed E-state index contributed by atoms with van der Waals surface area (Å²) in [6.45, 7) is 4.09. The van der Waals surface area contributed by atoms with Crippen molar-refractivity contribution in [1.29, 1.82) is 0 Å². The average Bonchev–Trinajstić information content (AvgIpc) is 2.38. The van der Waals surface area contributed by atoms with Crippen LogP contribution in [0.15, 0.2) is 12.1 Å². The van der Waals surface area contributed by atoms with Gasteiger partial charge in [0.2, 0.25) is 0 Å². The van der Waals surface area contributed by atoms with Crippen LogP contribution in [0.1, 0.15) is 55.1 Å². The summed E-state index contributed by atoms with van der Waals surface area (Å²) < 4.78 is 0. The van der Waals surface area contributed by atoms with Crippen molar-refractivity contribution < 1.29 is 4.79 Å². The number of nitrogen functional groups attached to an aromatic ring is 1. The zero-order valence-electron chi connectivity index (χ0n) is 11.8. The maximum Gasteiger partial charge on any atom is 0.251 e. The van der Waals surface area contributed by atoms with Gasteiger partial charge in [0, 0.05) is 17.3 Å². The third kappa shape index (κ3) is 3.69. The van der Waals surface area contributed by atoms with Crippen LogP contribution in [0.2, 0.25) is 0 Å². The van der Waals surface area contributed by atoms with Crippen molar-refractivity contribution in [3.05, 3.63) is 23.4 Å². The Morgan fingerprint density at radius 1 is 1.37 bits per heavy atom. The van der Waals surface area contributed by atoms with E-state index in [1.165, 1.54) is 19.3 Å². The molecule has 1 aromatic heterocycles. The summed E-state index contributed by atoms with van der Waals surface area (Å²) in [5, 5.41) is 3.11. The number of hydrogen-bond acceptors (Lipinski definition) is 3. The molecule has 1 aliphatic carbocycles. The van der Waals surface area contributed by atoms with E-state index in [-0.39, 0.29) is 5.91 Å². The molecule has 0 aliphatic heterocycles. The molecule has 2 rings (SSSR count). The molecule has 1 amide bonds. The van der Waals surface area contributed by atoms with Crippen LogP contribution in [-0.4, -0.2) is 16.9 Å². The van der Waals surface area contributed by atoms with Gasteiger partial charge in [0.15, 0.2) is 0 Å². The van der Waals surface area contributed by atoms with Gasteiger partial charge in [-0.2, -0.15) is 0 Å². The number of anilines is 1. The van der Waals surface area contributed by atoms with Crippen LogP contribution >= 0.6 is 0 Å². The van der Waals surface area contributed by atoms with Crippen LogP contribution in [-0.2, 0) is 0 Å². The van der Waals surface area contributed by atoms with Crippen molar-refractivity contribution in [3.63, 3.8) is 0 Å². The van der Waals surface area contributed by atoms with Gasteiger partial charge < -0.3 is 11.1 Å². The number of amides is 1.